The molecular formula is C21H28O3. The fourth-order valence-corrected chi connectivity index (χ4v) is 2.89. The highest BCUT2D eigenvalue weighted by Crippen LogP contribution is 2.28. The number of aliphatic carboxylic acids is 1. The number of hydrogen-bond donors (Lipinski definition) is 1. The van der Waals surface area contributed by atoms with Gasteiger partial charge in [-0.15, -0.1) is 0 Å². The van der Waals surface area contributed by atoms with Gasteiger partial charge in [0, 0.05) is 5.57 Å². The van der Waals surface area contributed by atoms with E-state index in [2.05, 4.69) is 19.1 Å². The Morgan fingerprint density at radius 3 is 2.33 bits per heavy atom. The predicted octanol–water partition coefficient (Wildman–Crippen LogP) is 5.61. The van der Waals surface area contributed by atoms with Gasteiger partial charge in [0.2, 0.25) is 0 Å². The number of unbranched alkanes of at least 4 members (excludes halogenated alkanes) is 5. The van der Waals surface area contributed by atoms with Crippen molar-refractivity contribution in [1.82, 2.24) is 0 Å². The molecule has 1 aromatic rings. The minimum absolute atomic E-state index is 0.484. The Labute approximate surface area is 145 Å². The molecule has 3 heteroatoms. The molecule has 0 saturated heterocycles. The zero-order valence-corrected chi connectivity index (χ0v) is 14.6. The molecule has 0 unspecified atom stereocenters. The Morgan fingerprint density at radius 1 is 1.00 bits per heavy atom. The lowest BCUT2D eigenvalue weighted by molar-refractivity contribution is -0.132. The van der Waals surface area contributed by atoms with E-state index in [0.29, 0.717) is 12.0 Å². The SMILES string of the molecule is CCCCCCCCOc1ccc(C2=CC=C(C(=O)O)CC2)cc1. The van der Waals surface area contributed by atoms with Crippen molar-refractivity contribution in [2.75, 3.05) is 6.61 Å². The number of benzene rings is 1. The average molecular weight is 328 g/mol. The second kappa shape index (κ2) is 9.96. The van der Waals surface area contributed by atoms with Crippen molar-refractivity contribution in [1.29, 1.82) is 0 Å². The molecule has 130 valence electrons. The van der Waals surface area contributed by atoms with E-state index < -0.39 is 5.97 Å². The molecule has 0 amide bonds. The molecule has 0 fully saturated rings. The monoisotopic (exact) mass is 328 g/mol. The predicted molar refractivity (Wildman–Crippen MR) is 98.2 cm³/mol. The van der Waals surface area contributed by atoms with Crippen molar-refractivity contribution in [3.05, 3.63) is 47.6 Å². The maximum absolute atomic E-state index is 10.9. The third-order valence-electron chi connectivity index (χ3n) is 4.42. The zero-order chi connectivity index (χ0) is 17.2. The van der Waals surface area contributed by atoms with Gasteiger partial charge >= 0.3 is 5.97 Å². The number of ether oxygens (including phenoxy) is 1. The van der Waals surface area contributed by atoms with Crippen LogP contribution >= 0.6 is 0 Å². The van der Waals surface area contributed by atoms with Crippen LogP contribution in [0.3, 0.4) is 0 Å². The van der Waals surface area contributed by atoms with E-state index in [9.17, 15) is 4.79 Å². The molecule has 1 N–H and O–H groups in total. The van der Waals surface area contributed by atoms with Crippen LogP contribution in [0.4, 0.5) is 0 Å². The van der Waals surface area contributed by atoms with Gasteiger partial charge in [0.25, 0.3) is 0 Å². The van der Waals surface area contributed by atoms with Crippen molar-refractivity contribution >= 4 is 11.5 Å². The van der Waals surface area contributed by atoms with Gasteiger partial charge < -0.3 is 9.84 Å². The Balaban J connectivity index is 1.76. The molecule has 0 heterocycles. The van der Waals surface area contributed by atoms with Crippen molar-refractivity contribution in [2.24, 2.45) is 0 Å². The quantitative estimate of drug-likeness (QED) is 0.567. The first kappa shape index (κ1) is 18.3. The van der Waals surface area contributed by atoms with Gasteiger partial charge in [-0.25, -0.2) is 4.79 Å². The van der Waals surface area contributed by atoms with Crippen LogP contribution < -0.4 is 4.74 Å². The summed E-state index contributed by atoms with van der Waals surface area (Å²) in [6, 6.07) is 8.12. The molecule has 0 saturated carbocycles. The van der Waals surface area contributed by atoms with Gasteiger partial charge in [-0.1, -0.05) is 63.3 Å². The summed E-state index contributed by atoms with van der Waals surface area (Å²) in [7, 11) is 0. The van der Waals surface area contributed by atoms with Crippen LogP contribution in [0.2, 0.25) is 0 Å². The Hall–Kier alpha value is -2.03. The van der Waals surface area contributed by atoms with Crippen LogP contribution in [0.15, 0.2) is 42.0 Å². The van der Waals surface area contributed by atoms with Crippen molar-refractivity contribution in [3.63, 3.8) is 0 Å². The molecule has 1 aliphatic rings. The third-order valence-corrected chi connectivity index (χ3v) is 4.42. The summed E-state index contributed by atoms with van der Waals surface area (Å²) in [5.74, 6) is 0.0919. The number of carbonyl (C=O) groups is 1. The minimum atomic E-state index is -0.816. The van der Waals surface area contributed by atoms with Crippen LogP contribution in [-0.2, 0) is 4.79 Å². The van der Waals surface area contributed by atoms with Gasteiger partial charge in [0.05, 0.1) is 6.61 Å². The van der Waals surface area contributed by atoms with Gasteiger partial charge in [-0.2, -0.15) is 0 Å². The maximum Gasteiger partial charge on any atom is 0.331 e. The first-order valence-electron chi connectivity index (χ1n) is 9.07. The molecule has 1 aliphatic carbocycles. The first-order chi connectivity index (χ1) is 11.7. The lowest BCUT2D eigenvalue weighted by atomic mass is 9.93. The summed E-state index contributed by atoms with van der Waals surface area (Å²) in [4.78, 5) is 10.9. The molecule has 0 bridgehead atoms. The first-order valence-corrected chi connectivity index (χ1v) is 9.07. The normalized spacial score (nSPS) is 14.0. The van der Waals surface area contributed by atoms with Gasteiger partial charge in [0.1, 0.15) is 5.75 Å². The highest BCUT2D eigenvalue weighted by Gasteiger charge is 2.13. The van der Waals surface area contributed by atoms with Crippen molar-refractivity contribution < 1.29 is 14.6 Å². The molecule has 0 aliphatic heterocycles. The van der Waals surface area contributed by atoms with Crippen LogP contribution in [0.1, 0.15) is 63.9 Å². The lowest BCUT2D eigenvalue weighted by Gasteiger charge is -2.13. The van der Waals surface area contributed by atoms with Gasteiger partial charge in [0.15, 0.2) is 0 Å². The maximum atomic E-state index is 10.9. The van der Waals surface area contributed by atoms with Crippen LogP contribution in [0.5, 0.6) is 5.75 Å². The van der Waals surface area contributed by atoms with E-state index in [-0.39, 0.29) is 0 Å². The highest BCUT2D eigenvalue weighted by molar-refractivity contribution is 5.89. The Morgan fingerprint density at radius 2 is 1.71 bits per heavy atom. The lowest BCUT2D eigenvalue weighted by Crippen LogP contribution is -2.03. The molecule has 0 atom stereocenters. The zero-order valence-electron chi connectivity index (χ0n) is 14.6. The number of carboxylic acid groups (broad SMARTS) is 1. The fourth-order valence-electron chi connectivity index (χ4n) is 2.89. The molecular weight excluding hydrogens is 300 g/mol. The molecule has 1 aromatic carbocycles. The summed E-state index contributed by atoms with van der Waals surface area (Å²) in [6.45, 7) is 3.01. The fraction of sp³-hybridized carbons (Fsp3) is 0.476. The second-order valence-corrected chi connectivity index (χ2v) is 6.33. The van der Waals surface area contributed by atoms with Crippen LogP contribution in [0.25, 0.3) is 5.57 Å². The number of hydrogen-bond acceptors (Lipinski definition) is 2. The van der Waals surface area contributed by atoms with Gasteiger partial charge in [-0.3, -0.25) is 0 Å². The van der Waals surface area contributed by atoms with Crippen molar-refractivity contribution in [3.8, 4) is 5.75 Å². The van der Waals surface area contributed by atoms with Crippen LogP contribution in [-0.4, -0.2) is 17.7 Å². The molecule has 24 heavy (non-hydrogen) atoms. The molecule has 0 aromatic heterocycles. The van der Waals surface area contributed by atoms with E-state index in [4.69, 9.17) is 9.84 Å². The topological polar surface area (TPSA) is 46.5 Å². The second-order valence-electron chi connectivity index (χ2n) is 6.33. The Bertz CT molecular complexity index is 582. The van der Waals surface area contributed by atoms with Crippen molar-refractivity contribution in [2.45, 2.75) is 58.3 Å². The molecule has 2 rings (SSSR count). The standard InChI is InChI=1S/C21H28O3/c1-2-3-4-5-6-7-16-24-20-14-12-18(13-15-20)17-8-10-19(11-9-17)21(22)23/h8,10,12-15H,2-7,9,11,16H2,1H3,(H,22,23). The highest BCUT2D eigenvalue weighted by atomic mass is 16.5. The molecule has 3 nitrogen and oxygen atoms in total. The minimum Gasteiger partial charge on any atom is -0.494 e. The smallest absolute Gasteiger partial charge is 0.331 e. The summed E-state index contributed by atoms with van der Waals surface area (Å²) in [6.07, 6.45) is 12.6. The number of allylic oxidation sites excluding steroid dienone is 3. The summed E-state index contributed by atoms with van der Waals surface area (Å²) >= 11 is 0. The molecule has 0 radical (unpaired) electrons. The number of rotatable bonds is 10. The largest absolute Gasteiger partial charge is 0.494 e. The van der Waals surface area contributed by atoms with Gasteiger partial charge in [-0.05, 0) is 42.5 Å². The number of carboxylic acids is 1. The van der Waals surface area contributed by atoms with E-state index in [0.717, 1.165) is 30.8 Å². The van der Waals surface area contributed by atoms with Crippen LogP contribution in [0, 0.1) is 0 Å². The molecule has 0 spiro atoms. The average Bonchev–Trinajstić information content (AvgIpc) is 2.61. The van der Waals surface area contributed by atoms with E-state index in [1.807, 2.05) is 18.2 Å². The third kappa shape index (κ3) is 5.88. The summed E-state index contributed by atoms with van der Waals surface area (Å²) in [5, 5.41) is 8.98. The van der Waals surface area contributed by atoms with E-state index >= 15 is 0 Å². The van der Waals surface area contributed by atoms with E-state index in [1.54, 1.807) is 6.08 Å². The Kier molecular flexibility index (Phi) is 7.60. The van der Waals surface area contributed by atoms with E-state index in [1.165, 1.54) is 37.7 Å². The summed E-state index contributed by atoms with van der Waals surface area (Å²) < 4.78 is 5.79. The summed E-state index contributed by atoms with van der Waals surface area (Å²) in [5.41, 5.74) is 2.81.